The first-order chi connectivity index (χ1) is 10.1. The lowest BCUT2D eigenvalue weighted by atomic mass is 10.0. The Morgan fingerprint density at radius 3 is 2.05 bits per heavy atom. The molecule has 124 valence electrons. The van der Waals surface area contributed by atoms with Gasteiger partial charge in [0, 0.05) is 25.2 Å². The van der Waals surface area contributed by atoms with E-state index in [1.54, 1.807) is 13.8 Å². The van der Waals surface area contributed by atoms with Crippen LogP contribution >= 0.6 is 0 Å². The second kappa shape index (κ2) is 9.78. The Hall–Kier alpha value is -2.09. The van der Waals surface area contributed by atoms with Gasteiger partial charge in [0.2, 0.25) is 5.78 Å². The number of Topliss-reactive ketones (excluding diaryl/α,β-unsaturated/α-hetero) is 3. The highest BCUT2D eigenvalue weighted by atomic mass is 17.2. The third-order valence-electron chi connectivity index (χ3n) is 2.78. The highest BCUT2D eigenvalue weighted by Gasteiger charge is 2.23. The van der Waals surface area contributed by atoms with Crippen molar-refractivity contribution in [1.29, 1.82) is 0 Å². The number of hydrogen-bond acceptors (Lipinski definition) is 8. The topological polar surface area (TPSA) is 130 Å². The van der Waals surface area contributed by atoms with Crippen molar-refractivity contribution < 1.29 is 33.7 Å². The number of carbonyl (C=O) groups is 5. The van der Waals surface area contributed by atoms with Crippen LogP contribution in [-0.2, 0) is 33.7 Å². The molecule has 0 aliphatic carbocycles. The third kappa shape index (κ3) is 8.25. The van der Waals surface area contributed by atoms with E-state index in [1.807, 2.05) is 0 Å². The van der Waals surface area contributed by atoms with Gasteiger partial charge >= 0.3 is 11.9 Å². The highest BCUT2D eigenvalue weighted by Crippen LogP contribution is 2.05. The van der Waals surface area contributed by atoms with E-state index in [0.29, 0.717) is 0 Å². The van der Waals surface area contributed by atoms with Crippen LogP contribution in [0.15, 0.2) is 0 Å². The van der Waals surface area contributed by atoms with Gasteiger partial charge in [-0.25, -0.2) is 19.4 Å². The van der Waals surface area contributed by atoms with Crippen LogP contribution in [0.2, 0.25) is 0 Å². The van der Waals surface area contributed by atoms with Gasteiger partial charge in [0.25, 0.3) is 0 Å². The van der Waals surface area contributed by atoms with Crippen LogP contribution in [-0.4, -0.2) is 35.3 Å². The molecule has 22 heavy (non-hydrogen) atoms. The van der Waals surface area contributed by atoms with E-state index in [4.69, 9.17) is 5.73 Å². The first-order valence-corrected chi connectivity index (χ1v) is 6.88. The van der Waals surface area contributed by atoms with Crippen molar-refractivity contribution in [3.8, 4) is 0 Å². The molecule has 0 unspecified atom stereocenters. The lowest BCUT2D eigenvalue weighted by Gasteiger charge is -2.10. The van der Waals surface area contributed by atoms with Crippen LogP contribution in [0.5, 0.6) is 0 Å². The maximum Gasteiger partial charge on any atom is 0.421 e. The van der Waals surface area contributed by atoms with E-state index in [9.17, 15) is 24.0 Å². The average molecular weight is 315 g/mol. The van der Waals surface area contributed by atoms with Gasteiger partial charge in [-0.05, 0) is 13.3 Å². The van der Waals surface area contributed by atoms with Crippen molar-refractivity contribution in [1.82, 2.24) is 0 Å². The first kappa shape index (κ1) is 19.9. The molecule has 2 N–H and O–H groups in total. The quantitative estimate of drug-likeness (QED) is 0.364. The maximum atomic E-state index is 11.4. The van der Waals surface area contributed by atoms with Gasteiger partial charge in [0.1, 0.15) is 17.6 Å². The molecule has 0 aliphatic rings. The van der Waals surface area contributed by atoms with Crippen molar-refractivity contribution in [2.45, 2.75) is 52.5 Å². The molecule has 1 atom stereocenters. The van der Waals surface area contributed by atoms with E-state index >= 15 is 0 Å². The van der Waals surface area contributed by atoms with Crippen LogP contribution in [0.25, 0.3) is 0 Å². The van der Waals surface area contributed by atoms with Crippen LogP contribution < -0.4 is 5.73 Å². The summed E-state index contributed by atoms with van der Waals surface area (Å²) < 4.78 is 0. The second-order valence-electron chi connectivity index (χ2n) is 5.16. The van der Waals surface area contributed by atoms with Gasteiger partial charge < -0.3 is 10.5 Å². The molecule has 0 aliphatic heterocycles. The standard InChI is InChI=1S/C14H21NO7/c1-8(2)11(17)7-5-10(15)13(19)21-22-14(20)12(18)6-4-9(3)16/h8,10H,4-7,15H2,1-3H3/t10-/m0/s1. The molecule has 0 rings (SSSR count). The molecule has 0 saturated carbocycles. The molecule has 0 fully saturated rings. The zero-order valence-electron chi connectivity index (χ0n) is 12.9. The van der Waals surface area contributed by atoms with Crippen LogP contribution in [0, 0.1) is 5.92 Å². The monoisotopic (exact) mass is 315 g/mol. The fraction of sp³-hybridized carbons (Fsp3) is 0.643. The second-order valence-corrected chi connectivity index (χ2v) is 5.16. The lowest BCUT2D eigenvalue weighted by molar-refractivity contribution is -0.257. The van der Waals surface area contributed by atoms with Gasteiger partial charge in [-0.1, -0.05) is 13.8 Å². The number of rotatable bonds is 9. The molecule has 0 saturated heterocycles. The molecule has 0 aromatic carbocycles. The molecule has 0 aromatic heterocycles. The molecule has 8 nitrogen and oxygen atoms in total. The summed E-state index contributed by atoms with van der Waals surface area (Å²) in [7, 11) is 0. The predicted octanol–water partition coefficient (Wildman–Crippen LogP) is 0.259. The normalized spacial score (nSPS) is 11.7. The van der Waals surface area contributed by atoms with Crippen LogP contribution in [0.1, 0.15) is 46.5 Å². The summed E-state index contributed by atoms with van der Waals surface area (Å²) in [6.07, 6.45) is -0.273. The SMILES string of the molecule is CC(=O)CCC(=O)C(=O)OOC(=O)[C@@H](N)CCC(=O)C(C)C. The van der Waals surface area contributed by atoms with Crippen molar-refractivity contribution in [3.05, 3.63) is 0 Å². The van der Waals surface area contributed by atoms with Crippen molar-refractivity contribution >= 4 is 29.3 Å². The Kier molecular flexibility index (Phi) is 8.85. The molecule has 0 amide bonds. The van der Waals surface area contributed by atoms with E-state index in [0.717, 1.165) is 0 Å². The van der Waals surface area contributed by atoms with Gasteiger partial charge in [-0.3, -0.25) is 9.59 Å². The summed E-state index contributed by atoms with van der Waals surface area (Å²) in [5.41, 5.74) is 5.48. The van der Waals surface area contributed by atoms with Crippen molar-refractivity contribution in [2.24, 2.45) is 11.7 Å². The van der Waals surface area contributed by atoms with Gasteiger partial charge in [0.05, 0.1) is 0 Å². The summed E-state index contributed by atoms with van der Waals surface area (Å²) in [6, 6.07) is -1.14. The minimum atomic E-state index is -1.37. The van der Waals surface area contributed by atoms with E-state index in [-0.39, 0.29) is 43.2 Å². The number of nitrogens with two attached hydrogens (primary N) is 1. The van der Waals surface area contributed by atoms with E-state index < -0.39 is 23.8 Å². The Labute approximate surface area is 128 Å². The summed E-state index contributed by atoms with van der Waals surface area (Å²) in [6.45, 7) is 4.72. The van der Waals surface area contributed by atoms with E-state index in [2.05, 4.69) is 9.78 Å². The van der Waals surface area contributed by atoms with Gasteiger partial charge in [-0.15, -0.1) is 0 Å². The molecular weight excluding hydrogens is 294 g/mol. The molecule has 0 spiro atoms. The van der Waals surface area contributed by atoms with Gasteiger partial charge in [-0.2, -0.15) is 0 Å². The third-order valence-corrected chi connectivity index (χ3v) is 2.78. The molecule has 0 aromatic rings. The molecule has 0 bridgehead atoms. The molecule has 0 radical (unpaired) electrons. The number of ketones is 3. The smallest absolute Gasteiger partial charge is 0.318 e. The Balaban J connectivity index is 4.10. The minimum absolute atomic E-state index is 0.0473. The first-order valence-electron chi connectivity index (χ1n) is 6.88. The van der Waals surface area contributed by atoms with Gasteiger partial charge in [0.15, 0.2) is 0 Å². The zero-order chi connectivity index (χ0) is 17.3. The Morgan fingerprint density at radius 1 is 0.955 bits per heavy atom. The average Bonchev–Trinajstić information content (AvgIpc) is 2.46. The molecule has 8 heteroatoms. The number of carbonyl (C=O) groups excluding carboxylic acids is 5. The summed E-state index contributed by atoms with van der Waals surface area (Å²) >= 11 is 0. The summed E-state index contributed by atoms with van der Waals surface area (Å²) in [5.74, 6) is -3.88. The fourth-order valence-electron chi connectivity index (χ4n) is 1.28. The predicted molar refractivity (Wildman–Crippen MR) is 74.2 cm³/mol. The Morgan fingerprint density at radius 2 is 1.55 bits per heavy atom. The highest BCUT2D eigenvalue weighted by molar-refractivity contribution is 6.33. The van der Waals surface area contributed by atoms with Crippen LogP contribution in [0.4, 0.5) is 0 Å². The minimum Gasteiger partial charge on any atom is -0.318 e. The summed E-state index contributed by atoms with van der Waals surface area (Å²) in [4.78, 5) is 64.1. The van der Waals surface area contributed by atoms with Crippen molar-refractivity contribution in [3.63, 3.8) is 0 Å². The zero-order valence-corrected chi connectivity index (χ0v) is 12.9. The number of hydrogen-bond donors (Lipinski definition) is 1. The van der Waals surface area contributed by atoms with E-state index in [1.165, 1.54) is 6.92 Å². The Bertz CT molecular complexity index is 456. The lowest BCUT2D eigenvalue weighted by Crippen LogP contribution is -2.34. The largest absolute Gasteiger partial charge is 0.421 e. The van der Waals surface area contributed by atoms with Crippen LogP contribution in [0.3, 0.4) is 0 Å². The summed E-state index contributed by atoms with van der Waals surface area (Å²) in [5, 5.41) is 0. The fourth-order valence-corrected chi connectivity index (χ4v) is 1.28. The molecule has 0 heterocycles. The molecular formula is C14H21NO7. The van der Waals surface area contributed by atoms with Crippen molar-refractivity contribution in [2.75, 3.05) is 0 Å². The maximum absolute atomic E-state index is 11.4.